The summed E-state index contributed by atoms with van der Waals surface area (Å²) in [4.78, 5) is 30.6. The number of urea groups is 1. The normalized spacial score (nSPS) is 20.4. The van der Waals surface area contributed by atoms with E-state index in [0.29, 0.717) is 12.3 Å². The number of carbonyl (C=O) groups excluding carboxylic acids is 2. The van der Waals surface area contributed by atoms with Crippen molar-refractivity contribution in [1.29, 1.82) is 0 Å². The fraction of sp³-hybridized carbons (Fsp3) is 0.636. The van der Waals surface area contributed by atoms with Crippen LogP contribution in [0.2, 0.25) is 0 Å². The summed E-state index contributed by atoms with van der Waals surface area (Å²) in [5.41, 5.74) is 2.89. The molecule has 0 saturated carbocycles. The van der Waals surface area contributed by atoms with Gasteiger partial charge in [-0.15, -0.1) is 0 Å². The van der Waals surface area contributed by atoms with Crippen molar-refractivity contribution >= 4 is 11.9 Å². The van der Waals surface area contributed by atoms with Crippen molar-refractivity contribution in [3.8, 4) is 0 Å². The van der Waals surface area contributed by atoms with E-state index in [1.807, 2.05) is 37.7 Å². The first-order valence-electron chi connectivity index (χ1n) is 10.2. The van der Waals surface area contributed by atoms with Gasteiger partial charge < -0.3 is 14.7 Å². The predicted molar refractivity (Wildman–Crippen MR) is 108 cm³/mol. The average Bonchev–Trinajstić information content (AvgIpc) is 2.96. The van der Waals surface area contributed by atoms with E-state index in [0.717, 1.165) is 45.4 Å². The molecule has 0 radical (unpaired) electrons. The lowest BCUT2D eigenvalue weighted by atomic mass is 9.73. The summed E-state index contributed by atoms with van der Waals surface area (Å²) in [7, 11) is 3.62. The molecule has 1 aromatic carbocycles. The predicted octanol–water partition coefficient (Wildman–Crippen LogP) is 3.45. The highest BCUT2D eigenvalue weighted by Gasteiger charge is 2.46. The SMILES string of the molecule is CCN(CC)C(=O)C[C@@H]1CC2(CCN(C(=O)N(C)C)CC2)c2ccccc21. The number of fused-ring (bicyclic) bond motifs is 2. The zero-order chi connectivity index (χ0) is 19.6. The molecule has 0 unspecified atom stereocenters. The highest BCUT2D eigenvalue weighted by Crippen LogP contribution is 2.52. The average molecular weight is 372 g/mol. The summed E-state index contributed by atoms with van der Waals surface area (Å²) >= 11 is 0. The van der Waals surface area contributed by atoms with Crippen LogP contribution in [0.1, 0.15) is 56.6 Å². The van der Waals surface area contributed by atoms with Gasteiger partial charge >= 0.3 is 6.03 Å². The van der Waals surface area contributed by atoms with Gasteiger partial charge in [0.25, 0.3) is 0 Å². The molecular weight excluding hydrogens is 338 g/mol. The molecule has 1 aliphatic carbocycles. The molecule has 0 aromatic heterocycles. The minimum atomic E-state index is 0.101. The molecule has 1 saturated heterocycles. The van der Waals surface area contributed by atoms with Crippen LogP contribution in [-0.4, -0.2) is 66.9 Å². The third kappa shape index (κ3) is 3.69. The van der Waals surface area contributed by atoms with E-state index < -0.39 is 0 Å². The lowest BCUT2D eigenvalue weighted by Crippen LogP contribution is -2.47. The summed E-state index contributed by atoms with van der Waals surface area (Å²) in [6.07, 6.45) is 3.60. The second kappa shape index (κ2) is 7.91. The van der Waals surface area contributed by atoms with Gasteiger partial charge in [0.1, 0.15) is 0 Å². The molecule has 148 valence electrons. The van der Waals surface area contributed by atoms with E-state index in [2.05, 4.69) is 24.3 Å². The number of carbonyl (C=O) groups is 2. The monoisotopic (exact) mass is 371 g/mol. The lowest BCUT2D eigenvalue weighted by Gasteiger charge is -2.41. The largest absolute Gasteiger partial charge is 0.343 e. The molecule has 1 spiro atoms. The molecule has 27 heavy (non-hydrogen) atoms. The molecular formula is C22H33N3O2. The van der Waals surface area contributed by atoms with Crippen molar-refractivity contribution in [3.05, 3.63) is 35.4 Å². The second-order valence-electron chi connectivity index (χ2n) is 8.20. The number of amides is 3. The maximum absolute atomic E-state index is 12.7. The summed E-state index contributed by atoms with van der Waals surface area (Å²) in [5, 5.41) is 0. The smallest absolute Gasteiger partial charge is 0.319 e. The van der Waals surface area contributed by atoms with Gasteiger partial charge in [0.2, 0.25) is 5.91 Å². The van der Waals surface area contributed by atoms with Crippen LogP contribution in [0, 0.1) is 0 Å². The van der Waals surface area contributed by atoms with E-state index in [1.54, 1.807) is 4.90 Å². The minimum absolute atomic E-state index is 0.101. The second-order valence-corrected chi connectivity index (χ2v) is 8.20. The number of benzene rings is 1. The first kappa shape index (κ1) is 19.7. The van der Waals surface area contributed by atoms with Crippen molar-refractivity contribution in [2.45, 2.75) is 50.9 Å². The Morgan fingerprint density at radius 2 is 1.74 bits per heavy atom. The minimum Gasteiger partial charge on any atom is -0.343 e. The fourth-order valence-electron chi connectivity index (χ4n) is 5.01. The topological polar surface area (TPSA) is 43.9 Å². The molecule has 1 heterocycles. The van der Waals surface area contributed by atoms with Gasteiger partial charge in [-0.25, -0.2) is 4.79 Å². The van der Waals surface area contributed by atoms with Crippen LogP contribution in [0.3, 0.4) is 0 Å². The van der Waals surface area contributed by atoms with E-state index in [1.165, 1.54) is 11.1 Å². The van der Waals surface area contributed by atoms with Gasteiger partial charge in [0.15, 0.2) is 0 Å². The van der Waals surface area contributed by atoms with Gasteiger partial charge in [-0.3, -0.25) is 4.79 Å². The molecule has 3 amide bonds. The molecule has 0 bridgehead atoms. The van der Waals surface area contributed by atoms with E-state index in [-0.39, 0.29) is 17.4 Å². The molecule has 0 N–H and O–H groups in total. The highest BCUT2D eigenvalue weighted by atomic mass is 16.2. The summed E-state index contributed by atoms with van der Waals surface area (Å²) in [5.74, 6) is 0.558. The number of piperidine rings is 1. The zero-order valence-electron chi connectivity index (χ0n) is 17.2. The highest BCUT2D eigenvalue weighted by molar-refractivity contribution is 5.77. The van der Waals surface area contributed by atoms with E-state index in [9.17, 15) is 9.59 Å². The summed E-state index contributed by atoms with van der Waals surface area (Å²) in [6, 6.07) is 8.77. The van der Waals surface area contributed by atoms with Gasteiger partial charge in [-0.1, -0.05) is 24.3 Å². The Bertz CT molecular complexity index is 689. The number of hydrogen-bond donors (Lipinski definition) is 0. The van der Waals surface area contributed by atoms with Crippen LogP contribution in [0.5, 0.6) is 0 Å². The Balaban J connectivity index is 1.78. The van der Waals surface area contributed by atoms with Gasteiger partial charge in [-0.2, -0.15) is 0 Å². The van der Waals surface area contributed by atoms with E-state index >= 15 is 0 Å². The van der Waals surface area contributed by atoms with Crippen molar-refractivity contribution in [3.63, 3.8) is 0 Å². The third-order valence-electron chi connectivity index (χ3n) is 6.52. The van der Waals surface area contributed by atoms with Gasteiger partial charge in [0.05, 0.1) is 0 Å². The fourth-order valence-corrected chi connectivity index (χ4v) is 5.01. The Labute approximate surface area is 163 Å². The van der Waals surface area contributed by atoms with Crippen molar-refractivity contribution in [2.75, 3.05) is 40.3 Å². The Hall–Kier alpha value is -2.04. The quantitative estimate of drug-likeness (QED) is 0.814. The molecule has 3 rings (SSSR count). The molecule has 5 heteroatoms. The number of nitrogens with zero attached hydrogens (tertiary/aromatic N) is 3. The van der Waals surface area contributed by atoms with Crippen molar-refractivity contribution < 1.29 is 9.59 Å². The molecule has 1 fully saturated rings. The van der Waals surface area contributed by atoms with Gasteiger partial charge in [-0.05, 0) is 55.6 Å². The number of hydrogen-bond acceptors (Lipinski definition) is 2. The molecule has 5 nitrogen and oxygen atoms in total. The van der Waals surface area contributed by atoms with Crippen molar-refractivity contribution in [1.82, 2.24) is 14.7 Å². The van der Waals surface area contributed by atoms with Crippen LogP contribution in [-0.2, 0) is 10.2 Å². The van der Waals surface area contributed by atoms with Crippen molar-refractivity contribution in [2.24, 2.45) is 0 Å². The van der Waals surface area contributed by atoms with Gasteiger partial charge in [0, 0.05) is 46.7 Å². The van der Waals surface area contributed by atoms with Crippen LogP contribution in [0.25, 0.3) is 0 Å². The summed E-state index contributed by atoms with van der Waals surface area (Å²) in [6.45, 7) is 7.23. The van der Waals surface area contributed by atoms with Crippen LogP contribution in [0.15, 0.2) is 24.3 Å². The first-order chi connectivity index (χ1) is 12.9. The van der Waals surface area contributed by atoms with E-state index in [4.69, 9.17) is 0 Å². The number of likely N-dealkylation sites (tertiary alicyclic amines) is 1. The summed E-state index contributed by atoms with van der Waals surface area (Å²) < 4.78 is 0. The maximum atomic E-state index is 12.7. The molecule has 2 aliphatic rings. The maximum Gasteiger partial charge on any atom is 0.319 e. The zero-order valence-corrected chi connectivity index (χ0v) is 17.2. The van der Waals surface area contributed by atoms with Crippen LogP contribution >= 0.6 is 0 Å². The molecule has 1 aliphatic heterocycles. The third-order valence-corrected chi connectivity index (χ3v) is 6.52. The standard InChI is InChI=1S/C22H33N3O2/c1-5-24(6-2)20(26)15-17-16-22(19-10-8-7-9-18(17)19)11-13-25(14-12-22)21(27)23(3)4/h7-10,17H,5-6,11-16H2,1-4H3/t17-/m1/s1. The van der Waals surface area contributed by atoms with Crippen LogP contribution in [0.4, 0.5) is 4.79 Å². The Kier molecular flexibility index (Phi) is 5.78. The molecule has 1 aromatic rings. The lowest BCUT2D eigenvalue weighted by molar-refractivity contribution is -0.131. The van der Waals surface area contributed by atoms with Crippen LogP contribution < -0.4 is 0 Å². The molecule has 1 atom stereocenters. The Morgan fingerprint density at radius 1 is 1.11 bits per heavy atom. The Morgan fingerprint density at radius 3 is 2.33 bits per heavy atom. The number of rotatable bonds is 4. The first-order valence-corrected chi connectivity index (χ1v) is 10.2.